The molecule has 2 rings (SSSR count). The summed E-state index contributed by atoms with van der Waals surface area (Å²) < 4.78 is 0.620. The number of rotatable bonds is 4. The molecule has 106 valence electrons. The summed E-state index contributed by atoms with van der Waals surface area (Å²) >= 11 is 17.2. The first-order valence-corrected chi connectivity index (χ1v) is 7.63. The third-order valence-corrected chi connectivity index (χ3v) is 3.78. The van der Waals surface area contributed by atoms with E-state index in [0.717, 1.165) is 23.5 Å². The van der Waals surface area contributed by atoms with Crippen molar-refractivity contribution in [3.63, 3.8) is 0 Å². The lowest BCUT2D eigenvalue weighted by molar-refractivity contribution is 0.630. The van der Waals surface area contributed by atoms with Crippen LogP contribution in [0.1, 0.15) is 30.9 Å². The van der Waals surface area contributed by atoms with Gasteiger partial charge in [0, 0.05) is 12.1 Å². The Hall–Kier alpha value is -0.900. The molecule has 0 unspecified atom stereocenters. The van der Waals surface area contributed by atoms with E-state index in [9.17, 15) is 0 Å². The summed E-state index contributed by atoms with van der Waals surface area (Å²) in [7, 11) is 0. The maximum absolute atomic E-state index is 6.03. The van der Waals surface area contributed by atoms with Crippen LogP contribution in [0.4, 0.5) is 0 Å². The first-order valence-electron chi connectivity index (χ1n) is 6.47. The largest absolute Gasteiger partial charge is 0.347 e. The van der Waals surface area contributed by atoms with Crippen molar-refractivity contribution in [1.82, 2.24) is 9.97 Å². The monoisotopic (exact) mass is 326 g/mol. The van der Waals surface area contributed by atoms with Gasteiger partial charge in [0.2, 0.25) is 0 Å². The molecule has 0 saturated carbocycles. The third-order valence-electron chi connectivity index (χ3n) is 2.83. The molecule has 2 aromatic rings. The maximum Gasteiger partial charge on any atom is 0.130 e. The summed E-state index contributed by atoms with van der Waals surface area (Å²) in [6.07, 6.45) is 1.62. The van der Waals surface area contributed by atoms with Gasteiger partial charge in [0.05, 0.1) is 10.0 Å². The fourth-order valence-electron chi connectivity index (χ4n) is 2.04. The highest BCUT2D eigenvalue weighted by atomic mass is 35.5. The fourth-order valence-corrected chi connectivity index (χ4v) is 2.61. The first-order chi connectivity index (χ1) is 9.44. The Kier molecular flexibility index (Phi) is 5.19. The zero-order valence-electron chi connectivity index (χ0n) is 11.4. The summed E-state index contributed by atoms with van der Waals surface area (Å²) in [5.74, 6) is 1.42. The lowest BCUT2D eigenvalue weighted by atomic mass is 10.1. The van der Waals surface area contributed by atoms with Gasteiger partial charge in [-0.1, -0.05) is 55.3 Å². The van der Waals surface area contributed by atoms with Gasteiger partial charge in [0.25, 0.3) is 0 Å². The number of nitrogens with zero attached hydrogens (tertiary/aromatic N) is 1. The molecule has 2 nitrogen and oxygen atoms in total. The number of halogens is 2. The number of H-pyrrole nitrogens is 1. The number of aromatic nitrogens is 2. The summed E-state index contributed by atoms with van der Waals surface area (Å²) in [5.41, 5.74) is 2.18. The Morgan fingerprint density at radius 1 is 1.20 bits per heavy atom. The van der Waals surface area contributed by atoms with Gasteiger partial charge in [-0.05, 0) is 36.1 Å². The average Bonchev–Trinajstić information content (AvgIpc) is 2.32. The van der Waals surface area contributed by atoms with Gasteiger partial charge < -0.3 is 4.98 Å². The molecule has 0 spiro atoms. The molecule has 5 heteroatoms. The van der Waals surface area contributed by atoms with E-state index >= 15 is 0 Å². The highest BCUT2D eigenvalue weighted by Crippen LogP contribution is 2.23. The van der Waals surface area contributed by atoms with Crippen LogP contribution in [-0.4, -0.2) is 9.97 Å². The van der Waals surface area contributed by atoms with E-state index in [0.29, 0.717) is 27.0 Å². The minimum Gasteiger partial charge on any atom is -0.347 e. The van der Waals surface area contributed by atoms with Crippen LogP contribution in [0.25, 0.3) is 0 Å². The van der Waals surface area contributed by atoms with Crippen molar-refractivity contribution >= 4 is 35.4 Å². The van der Waals surface area contributed by atoms with Crippen LogP contribution in [0.5, 0.6) is 0 Å². The fraction of sp³-hybridized carbons (Fsp3) is 0.333. The van der Waals surface area contributed by atoms with Gasteiger partial charge in [-0.15, -0.1) is 0 Å². The molecule has 0 aliphatic carbocycles. The molecule has 0 saturated heterocycles. The highest BCUT2D eigenvalue weighted by molar-refractivity contribution is 7.71. The first kappa shape index (κ1) is 15.5. The number of nitrogens with one attached hydrogen (secondary N) is 1. The molecule has 0 aliphatic heterocycles. The Morgan fingerprint density at radius 2 is 1.95 bits per heavy atom. The van der Waals surface area contributed by atoms with Crippen LogP contribution in [0.3, 0.4) is 0 Å². The topological polar surface area (TPSA) is 28.7 Å². The molecule has 0 amide bonds. The van der Waals surface area contributed by atoms with Crippen LogP contribution in [-0.2, 0) is 12.8 Å². The summed E-state index contributed by atoms with van der Waals surface area (Å²) in [6, 6.07) is 7.53. The summed E-state index contributed by atoms with van der Waals surface area (Å²) in [5, 5.41) is 1.12. The van der Waals surface area contributed by atoms with E-state index in [2.05, 4.69) is 23.8 Å². The second-order valence-electron chi connectivity index (χ2n) is 5.21. The molecular formula is C15H16Cl2N2S. The Morgan fingerprint density at radius 3 is 2.60 bits per heavy atom. The summed E-state index contributed by atoms with van der Waals surface area (Å²) in [4.78, 5) is 7.72. The van der Waals surface area contributed by atoms with Gasteiger partial charge in [-0.3, -0.25) is 0 Å². The van der Waals surface area contributed by atoms with Crippen LogP contribution in [0.2, 0.25) is 10.0 Å². The molecule has 20 heavy (non-hydrogen) atoms. The van der Waals surface area contributed by atoms with Gasteiger partial charge in [-0.2, -0.15) is 0 Å². The van der Waals surface area contributed by atoms with Crippen molar-refractivity contribution in [3.05, 3.63) is 56.0 Å². The van der Waals surface area contributed by atoms with Crippen molar-refractivity contribution in [3.8, 4) is 0 Å². The zero-order valence-corrected chi connectivity index (χ0v) is 13.7. The molecule has 1 N–H and O–H groups in total. The molecular weight excluding hydrogens is 311 g/mol. The maximum atomic E-state index is 6.03. The molecule has 1 heterocycles. The minimum atomic E-state index is 0.557. The van der Waals surface area contributed by atoms with Crippen molar-refractivity contribution in [2.75, 3.05) is 0 Å². The Labute approximate surface area is 134 Å². The molecule has 0 radical (unpaired) electrons. The molecule has 0 fully saturated rings. The van der Waals surface area contributed by atoms with E-state index in [1.807, 2.05) is 18.2 Å². The Balaban J connectivity index is 2.26. The lowest BCUT2D eigenvalue weighted by Gasteiger charge is -2.08. The van der Waals surface area contributed by atoms with E-state index in [-0.39, 0.29) is 0 Å². The number of aromatic amines is 1. The minimum absolute atomic E-state index is 0.557. The zero-order chi connectivity index (χ0) is 14.7. The smallest absolute Gasteiger partial charge is 0.130 e. The van der Waals surface area contributed by atoms with E-state index in [1.54, 1.807) is 6.07 Å². The normalized spacial score (nSPS) is 11.1. The van der Waals surface area contributed by atoms with Crippen LogP contribution >= 0.6 is 35.4 Å². The summed E-state index contributed by atoms with van der Waals surface area (Å²) in [6.45, 7) is 4.35. The van der Waals surface area contributed by atoms with Crippen LogP contribution in [0.15, 0.2) is 24.3 Å². The Bertz CT molecular complexity index is 665. The van der Waals surface area contributed by atoms with Crippen molar-refractivity contribution in [2.24, 2.45) is 5.92 Å². The van der Waals surface area contributed by atoms with E-state index < -0.39 is 0 Å². The second-order valence-corrected chi connectivity index (χ2v) is 6.45. The molecule has 0 bridgehead atoms. The second kappa shape index (κ2) is 6.70. The molecule has 0 atom stereocenters. The molecule has 1 aromatic heterocycles. The van der Waals surface area contributed by atoms with E-state index in [4.69, 9.17) is 35.4 Å². The van der Waals surface area contributed by atoms with Gasteiger partial charge >= 0.3 is 0 Å². The third kappa shape index (κ3) is 4.30. The molecule has 0 aliphatic rings. The van der Waals surface area contributed by atoms with Gasteiger partial charge in [0.15, 0.2) is 0 Å². The predicted octanol–water partition coefficient (Wildman–Crippen LogP) is 5.24. The number of hydrogen-bond acceptors (Lipinski definition) is 2. The van der Waals surface area contributed by atoms with E-state index in [1.165, 1.54) is 0 Å². The standard InChI is InChI=1S/C15H16Cl2N2S/c1-9(2)5-11-8-15(20)19-14(18-11)7-10-3-4-12(16)13(17)6-10/h3-4,6,8-9H,5,7H2,1-2H3,(H,18,19,20). The number of hydrogen-bond donors (Lipinski definition) is 1. The predicted molar refractivity (Wildman–Crippen MR) is 87.2 cm³/mol. The quantitative estimate of drug-likeness (QED) is 0.779. The van der Waals surface area contributed by atoms with Crippen LogP contribution in [0, 0.1) is 10.6 Å². The van der Waals surface area contributed by atoms with Crippen LogP contribution < -0.4 is 0 Å². The van der Waals surface area contributed by atoms with Crippen molar-refractivity contribution in [1.29, 1.82) is 0 Å². The number of benzene rings is 1. The van der Waals surface area contributed by atoms with Crippen molar-refractivity contribution < 1.29 is 0 Å². The SMILES string of the molecule is CC(C)Cc1cc(=S)nc(Cc2ccc(Cl)c(Cl)c2)[nH]1. The van der Waals surface area contributed by atoms with Gasteiger partial charge in [-0.25, -0.2) is 4.98 Å². The molecule has 1 aromatic carbocycles. The van der Waals surface area contributed by atoms with Gasteiger partial charge in [0.1, 0.15) is 10.5 Å². The lowest BCUT2D eigenvalue weighted by Crippen LogP contribution is -2.03. The average molecular weight is 327 g/mol. The van der Waals surface area contributed by atoms with Crippen molar-refractivity contribution in [2.45, 2.75) is 26.7 Å². The highest BCUT2D eigenvalue weighted by Gasteiger charge is 2.05.